The predicted molar refractivity (Wildman–Crippen MR) is 89.1 cm³/mol. The van der Waals surface area contributed by atoms with Crippen LogP contribution in [0.4, 0.5) is 0 Å². The Morgan fingerprint density at radius 3 is 2.90 bits per heavy atom. The summed E-state index contributed by atoms with van der Waals surface area (Å²) < 4.78 is 0. The Labute approximate surface area is 133 Å². The summed E-state index contributed by atoms with van der Waals surface area (Å²) in [4.78, 5) is 18.9. The Bertz CT molecular complexity index is 643. The van der Waals surface area contributed by atoms with Crippen LogP contribution in [-0.4, -0.2) is 16.9 Å². The van der Waals surface area contributed by atoms with Crippen LogP contribution in [0.3, 0.4) is 0 Å². The number of thiophene rings is 1. The van der Waals surface area contributed by atoms with Gasteiger partial charge in [-0.2, -0.15) is 0 Å². The van der Waals surface area contributed by atoms with Gasteiger partial charge >= 0.3 is 0 Å². The lowest BCUT2D eigenvalue weighted by Gasteiger charge is -2.17. The Hall–Kier alpha value is -1.20. The molecule has 2 aromatic heterocycles. The Morgan fingerprint density at radius 2 is 2.29 bits per heavy atom. The molecule has 5 heteroatoms. The zero-order chi connectivity index (χ0) is 15.0. The summed E-state index contributed by atoms with van der Waals surface area (Å²) in [7, 11) is 0. The molecular weight excluding hydrogens is 300 g/mol. The molecule has 0 bridgehead atoms. The van der Waals surface area contributed by atoms with E-state index in [1.54, 1.807) is 11.3 Å². The van der Waals surface area contributed by atoms with E-state index < -0.39 is 0 Å². The molecule has 1 aliphatic rings. The fourth-order valence-electron chi connectivity index (χ4n) is 2.92. The van der Waals surface area contributed by atoms with E-state index in [-0.39, 0.29) is 5.91 Å². The van der Waals surface area contributed by atoms with Crippen LogP contribution >= 0.6 is 22.7 Å². The van der Waals surface area contributed by atoms with Gasteiger partial charge in [0.25, 0.3) is 5.91 Å². The first kappa shape index (κ1) is 14.7. The lowest BCUT2D eigenvalue weighted by Crippen LogP contribution is -2.33. The van der Waals surface area contributed by atoms with Crippen molar-refractivity contribution in [3.63, 3.8) is 0 Å². The first-order chi connectivity index (χ1) is 9.94. The lowest BCUT2D eigenvalue weighted by molar-refractivity contribution is 0.0939. The summed E-state index contributed by atoms with van der Waals surface area (Å²) in [5.41, 5.74) is 1.18. The van der Waals surface area contributed by atoms with Gasteiger partial charge in [-0.25, -0.2) is 4.98 Å². The van der Waals surface area contributed by atoms with Crippen molar-refractivity contribution in [3.8, 4) is 9.88 Å². The van der Waals surface area contributed by atoms with Gasteiger partial charge in [0, 0.05) is 6.04 Å². The van der Waals surface area contributed by atoms with Crippen molar-refractivity contribution in [1.29, 1.82) is 0 Å². The first-order valence-corrected chi connectivity index (χ1v) is 8.96. The highest BCUT2D eigenvalue weighted by Crippen LogP contribution is 2.37. The lowest BCUT2D eigenvalue weighted by atomic mass is 9.92. The molecule has 21 heavy (non-hydrogen) atoms. The van der Waals surface area contributed by atoms with Crippen LogP contribution in [0.1, 0.15) is 48.5 Å². The van der Waals surface area contributed by atoms with Crippen LogP contribution in [0.5, 0.6) is 0 Å². The van der Waals surface area contributed by atoms with Crippen LogP contribution in [0.2, 0.25) is 0 Å². The number of amides is 1. The summed E-state index contributed by atoms with van der Waals surface area (Å²) in [5, 5.41) is 6.16. The molecule has 0 saturated heterocycles. The molecule has 1 atom stereocenters. The molecule has 2 heterocycles. The second-order valence-corrected chi connectivity index (χ2v) is 8.44. The predicted octanol–water partition coefficient (Wildman–Crippen LogP) is 4.49. The summed E-state index contributed by atoms with van der Waals surface area (Å²) in [6.07, 6.45) is 3.32. The zero-order valence-electron chi connectivity index (χ0n) is 12.6. The zero-order valence-corrected chi connectivity index (χ0v) is 14.2. The third-order valence-corrected chi connectivity index (χ3v) is 6.23. The second-order valence-electron chi connectivity index (χ2n) is 6.49. The van der Waals surface area contributed by atoms with Crippen LogP contribution < -0.4 is 5.32 Å². The maximum Gasteiger partial charge on any atom is 0.263 e. The first-order valence-electron chi connectivity index (χ1n) is 7.27. The second kappa shape index (κ2) is 5.54. The highest BCUT2D eigenvalue weighted by atomic mass is 32.1. The topological polar surface area (TPSA) is 42.0 Å². The van der Waals surface area contributed by atoms with E-state index in [0.717, 1.165) is 33.3 Å². The molecule has 112 valence electrons. The number of carbonyl (C=O) groups excluding carboxylic acids is 1. The van der Waals surface area contributed by atoms with Crippen LogP contribution in [0, 0.1) is 12.3 Å². The molecule has 1 fully saturated rings. The molecule has 2 aromatic rings. The number of hydrogen-bond donors (Lipinski definition) is 1. The summed E-state index contributed by atoms with van der Waals surface area (Å²) in [6.45, 7) is 6.46. The molecule has 3 rings (SSSR count). The molecule has 1 amide bonds. The fourth-order valence-corrected chi connectivity index (χ4v) is 4.69. The number of rotatable bonds is 3. The quantitative estimate of drug-likeness (QED) is 0.905. The molecule has 3 nitrogen and oxygen atoms in total. The minimum Gasteiger partial charge on any atom is -0.349 e. The van der Waals surface area contributed by atoms with Gasteiger partial charge in [-0.3, -0.25) is 4.79 Å². The number of hydrogen-bond acceptors (Lipinski definition) is 4. The fraction of sp³-hybridized carbons (Fsp3) is 0.500. The molecule has 1 aliphatic carbocycles. The molecule has 1 saturated carbocycles. The van der Waals surface area contributed by atoms with Crippen molar-refractivity contribution >= 4 is 28.6 Å². The van der Waals surface area contributed by atoms with E-state index in [4.69, 9.17) is 0 Å². The Balaban J connectivity index is 1.73. The van der Waals surface area contributed by atoms with Crippen molar-refractivity contribution in [2.24, 2.45) is 5.41 Å². The van der Waals surface area contributed by atoms with E-state index >= 15 is 0 Å². The van der Waals surface area contributed by atoms with Crippen molar-refractivity contribution in [3.05, 3.63) is 28.1 Å². The molecule has 0 aromatic carbocycles. The SMILES string of the molecule is Cc1nc(-c2cccs2)sc1C(=O)NC1CCC(C)(C)C1. The van der Waals surface area contributed by atoms with Crippen molar-refractivity contribution < 1.29 is 4.79 Å². The third kappa shape index (κ3) is 3.19. The number of thiazole rings is 1. The Morgan fingerprint density at radius 1 is 1.48 bits per heavy atom. The minimum atomic E-state index is 0.0375. The number of aromatic nitrogens is 1. The largest absolute Gasteiger partial charge is 0.349 e. The average molecular weight is 320 g/mol. The van der Waals surface area contributed by atoms with E-state index in [1.807, 2.05) is 24.4 Å². The van der Waals surface area contributed by atoms with Crippen LogP contribution in [-0.2, 0) is 0 Å². The summed E-state index contributed by atoms with van der Waals surface area (Å²) >= 11 is 3.15. The normalized spacial score (nSPS) is 20.6. The van der Waals surface area contributed by atoms with E-state index in [9.17, 15) is 4.79 Å². The molecule has 0 spiro atoms. The van der Waals surface area contributed by atoms with Crippen LogP contribution in [0.15, 0.2) is 17.5 Å². The molecular formula is C16H20N2OS2. The van der Waals surface area contributed by atoms with Crippen molar-refractivity contribution in [2.45, 2.75) is 46.1 Å². The van der Waals surface area contributed by atoms with Crippen molar-refractivity contribution in [2.75, 3.05) is 0 Å². The van der Waals surface area contributed by atoms with Gasteiger partial charge in [0.1, 0.15) is 9.88 Å². The number of aryl methyl sites for hydroxylation is 1. The van der Waals surface area contributed by atoms with E-state index in [2.05, 4.69) is 24.1 Å². The standard InChI is InChI=1S/C16H20N2OS2/c1-10-13(21-15(17-10)12-5-4-8-20-12)14(19)18-11-6-7-16(2,3)9-11/h4-5,8,11H,6-7,9H2,1-3H3,(H,18,19). The number of nitrogens with one attached hydrogen (secondary N) is 1. The van der Waals surface area contributed by atoms with Gasteiger partial charge in [0.05, 0.1) is 10.6 Å². The van der Waals surface area contributed by atoms with Gasteiger partial charge in [-0.1, -0.05) is 19.9 Å². The molecule has 1 unspecified atom stereocenters. The highest BCUT2D eigenvalue weighted by molar-refractivity contribution is 7.22. The monoisotopic (exact) mass is 320 g/mol. The number of carbonyl (C=O) groups is 1. The van der Waals surface area contributed by atoms with Gasteiger partial charge in [-0.15, -0.1) is 22.7 Å². The smallest absolute Gasteiger partial charge is 0.263 e. The minimum absolute atomic E-state index is 0.0375. The van der Waals surface area contributed by atoms with E-state index in [0.29, 0.717) is 11.5 Å². The molecule has 0 aliphatic heterocycles. The summed E-state index contributed by atoms with van der Waals surface area (Å²) in [5.74, 6) is 0.0375. The van der Waals surface area contributed by atoms with Gasteiger partial charge in [0.15, 0.2) is 0 Å². The van der Waals surface area contributed by atoms with Gasteiger partial charge in [-0.05, 0) is 43.0 Å². The van der Waals surface area contributed by atoms with Gasteiger partial charge < -0.3 is 5.32 Å². The highest BCUT2D eigenvalue weighted by Gasteiger charge is 2.32. The molecule has 0 radical (unpaired) electrons. The van der Waals surface area contributed by atoms with Crippen molar-refractivity contribution in [1.82, 2.24) is 10.3 Å². The third-order valence-electron chi connectivity index (χ3n) is 4.04. The maximum absolute atomic E-state index is 12.5. The number of nitrogens with zero attached hydrogens (tertiary/aromatic N) is 1. The van der Waals surface area contributed by atoms with E-state index in [1.165, 1.54) is 17.8 Å². The summed E-state index contributed by atoms with van der Waals surface area (Å²) in [6, 6.07) is 4.36. The van der Waals surface area contributed by atoms with Gasteiger partial charge in [0.2, 0.25) is 0 Å². The maximum atomic E-state index is 12.5. The molecule has 1 N–H and O–H groups in total. The van der Waals surface area contributed by atoms with Crippen LogP contribution in [0.25, 0.3) is 9.88 Å². The average Bonchev–Trinajstić information content (AvgIpc) is 3.09. The Kier molecular flexibility index (Phi) is 3.88.